The Labute approximate surface area is 119 Å². The van der Waals surface area contributed by atoms with Gasteiger partial charge in [-0.2, -0.15) is 0 Å². The van der Waals surface area contributed by atoms with Gasteiger partial charge in [-0.15, -0.1) is 10.2 Å². The molecule has 0 saturated carbocycles. The second kappa shape index (κ2) is 5.66. The van der Waals surface area contributed by atoms with Gasteiger partial charge in [0.15, 0.2) is 10.8 Å². The molecule has 0 saturated heterocycles. The van der Waals surface area contributed by atoms with Gasteiger partial charge < -0.3 is 10.4 Å². The molecule has 0 radical (unpaired) electrons. The first-order chi connectivity index (χ1) is 9.47. The largest absolute Gasteiger partial charge is 0.478 e. The van der Waals surface area contributed by atoms with Crippen LogP contribution in [0.25, 0.3) is 0 Å². The van der Waals surface area contributed by atoms with E-state index in [4.69, 9.17) is 16.7 Å². The van der Waals surface area contributed by atoms with Crippen LogP contribution in [0.4, 0.5) is 5.69 Å². The van der Waals surface area contributed by atoms with Crippen LogP contribution in [-0.4, -0.2) is 27.2 Å². The van der Waals surface area contributed by atoms with E-state index in [9.17, 15) is 9.59 Å². The number of carbonyl (C=O) groups is 2. The first-order valence-corrected chi connectivity index (χ1v) is 5.99. The highest BCUT2D eigenvalue weighted by Crippen LogP contribution is 2.16. The average Bonchev–Trinajstić information content (AvgIpc) is 2.41. The van der Waals surface area contributed by atoms with Crippen molar-refractivity contribution in [1.29, 1.82) is 0 Å². The summed E-state index contributed by atoms with van der Waals surface area (Å²) in [5, 5.41) is 19.0. The highest BCUT2D eigenvalue weighted by atomic mass is 35.5. The van der Waals surface area contributed by atoms with E-state index >= 15 is 0 Å². The Morgan fingerprint density at radius 2 is 1.95 bits per heavy atom. The van der Waals surface area contributed by atoms with Crippen molar-refractivity contribution >= 4 is 29.2 Å². The number of carboxylic acid groups (broad SMARTS) is 1. The Hall–Kier alpha value is -2.47. The second-order valence-electron chi connectivity index (χ2n) is 4.03. The number of anilines is 1. The number of hydrogen-bond donors (Lipinski definition) is 2. The zero-order chi connectivity index (χ0) is 14.7. The molecular formula is C13H10ClN3O3. The fraction of sp³-hybridized carbons (Fsp3) is 0.0769. The van der Waals surface area contributed by atoms with Gasteiger partial charge in [-0.05, 0) is 36.8 Å². The quantitative estimate of drug-likeness (QED) is 0.906. The number of hydrogen-bond acceptors (Lipinski definition) is 4. The smallest absolute Gasteiger partial charge is 0.336 e. The number of aromatic nitrogens is 2. The van der Waals surface area contributed by atoms with Gasteiger partial charge in [0.05, 0.1) is 5.56 Å². The number of aryl methyl sites for hydroxylation is 1. The van der Waals surface area contributed by atoms with Gasteiger partial charge in [0, 0.05) is 5.69 Å². The molecule has 1 aromatic heterocycles. The molecular weight excluding hydrogens is 282 g/mol. The molecule has 0 atom stereocenters. The van der Waals surface area contributed by atoms with Crippen LogP contribution in [0, 0.1) is 6.92 Å². The minimum atomic E-state index is -1.05. The maximum absolute atomic E-state index is 11.9. The highest BCUT2D eigenvalue weighted by Gasteiger charge is 2.12. The van der Waals surface area contributed by atoms with Gasteiger partial charge in [-0.3, -0.25) is 4.79 Å². The monoisotopic (exact) mass is 291 g/mol. The number of nitrogens with one attached hydrogen (secondary N) is 1. The number of benzene rings is 1. The summed E-state index contributed by atoms with van der Waals surface area (Å²) in [5.41, 5.74) is 1.20. The Balaban J connectivity index is 2.21. The van der Waals surface area contributed by atoms with Crippen molar-refractivity contribution < 1.29 is 14.7 Å². The van der Waals surface area contributed by atoms with Crippen LogP contribution in [0.3, 0.4) is 0 Å². The molecule has 20 heavy (non-hydrogen) atoms. The van der Waals surface area contributed by atoms with Crippen molar-refractivity contribution in [3.05, 3.63) is 52.3 Å². The molecule has 6 nitrogen and oxygen atoms in total. The highest BCUT2D eigenvalue weighted by molar-refractivity contribution is 6.29. The number of rotatable bonds is 3. The van der Waals surface area contributed by atoms with Crippen LogP contribution in [0.15, 0.2) is 30.3 Å². The lowest BCUT2D eigenvalue weighted by molar-refractivity contribution is 0.0695. The predicted octanol–water partition coefficient (Wildman–Crippen LogP) is 2.39. The summed E-state index contributed by atoms with van der Waals surface area (Å²) in [7, 11) is 0. The van der Waals surface area contributed by atoms with Gasteiger partial charge in [-0.1, -0.05) is 17.7 Å². The van der Waals surface area contributed by atoms with Gasteiger partial charge in [0.25, 0.3) is 5.91 Å². The SMILES string of the molecule is Cc1ccc(NC(=O)c2ccc(Cl)nn2)cc1C(=O)O. The third kappa shape index (κ3) is 3.10. The van der Waals surface area contributed by atoms with E-state index in [0.29, 0.717) is 11.3 Å². The molecule has 0 bridgehead atoms. The fourth-order valence-corrected chi connectivity index (χ4v) is 1.66. The summed E-state index contributed by atoms with van der Waals surface area (Å²) in [6, 6.07) is 7.49. The van der Waals surface area contributed by atoms with E-state index in [-0.39, 0.29) is 16.4 Å². The molecule has 1 aromatic carbocycles. The molecule has 1 amide bonds. The van der Waals surface area contributed by atoms with Crippen molar-refractivity contribution in [2.45, 2.75) is 6.92 Å². The Morgan fingerprint density at radius 3 is 2.55 bits per heavy atom. The Bertz CT molecular complexity index is 671. The van der Waals surface area contributed by atoms with Crippen LogP contribution in [0.2, 0.25) is 5.15 Å². The summed E-state index contributed by atoms with van der Waals surface area (Å²) in [6.07, 6.45) is 0. The second-order valence-corrected chi connectivity index (χ2v) is 4.42. The molecule has 0 unspecified atom stereocenters. The van der Waals surface area contributed by atoms with Gasteiger partial charge in [-0.25, -0.2) is 4.79 Å². The number of carboxylic acids is 1. The fourth-order valence-electron chi connectivity index (χ4n) is 1.56. The molecule has 0 aliphatic rings. The predicted molar refractivity (Wildman–Crippen MR) is 73.1 cm³/mol. The third-order valence-electron chi connectivity index (χ3n) is 2.59. The zero-order valence-corrected chi connectivity index (χ0v) is 11.2. The molecule has 2 N–H and O–H groups in total. The van der Waals surface area contributed by atoms with Crippen LogP contribution >= 0.6 is 11.6 Å². The number of amides is 1. The van der Waals surface area contributed by atoms with Crippen LogP contribution in [-0.2, 0) is 0 Å². The molecule has 0 fully saturated rings. The summed E-state index contributed by atoms with van der Waals surface area (Å²) < 4.78 is 0. The molecule has 7 heteroatoms. The third-order valence-corrected chi connectivity index (χ3v) is 2.79. The average molecular weight is 292 g/mol. The van der Waals surface area contributed by atoms with E-state index in [1.54, 1.807) is 19.1 Å². The molecule has 2 rings (SSSR count). The first-order valence-electron chi connectivity index (χ1n) is 5.62. The number of aromatic carboxylic acids is 1. The van der Waals surface area contributed by atoms with E-state index < -0.39 is 11.9 Å². The van der Waals surface area contributed by atoms with Crippen LogP contribution in [0.5, 0.6) is 0 Å². The molecule has 2 aromatic rings. The minimum absolute atomic E-state index is 0.0897. The molecule has 0 aliphatic carbocycles. The minimum Gasteiger partial charge on any atom is -0.478 e. The van der Waals surface area contributed by atoms with E-state index in [1.807, 2.05) is 0 Å². The molecule has 0 aliphatic heterocycles. The first kappa shape index (κ1) is 14.0. The number of carbonyl (C=O) groups excluding carboxylic acids is 1. The lowest BCUT2D eigenvalue weighted by Gasteiger charge is -2.07. The van der Waals surface area contributed by atoms with E-state index in [2.05, 4.69) is 15.5 Å². The van der Waals surface area contributed by atoms with Crippen LogP contribution < -0.4 is 5.32 Å². The lowest BCUT2D eigenvalue weighted by Crippen LogP contribution is -2.14. The van der Waals surface area contributed by atoms with Gasteiger partial charge in [0.1, 0.15) is 0 Å². The molecule has 102 valence electrons. The van der Waals surface area contributed by atoms with E-state index in [1.165, 1.54) is 18.2 Å². The van der Waals surface area contributed by atoms with Crippen molar-refractivity contribution in [3.8, 4) is 0 Å². The standard InChI is InChI=1S/C13H10ClN3O3/c1-7-2-3-8(6-9(7)13(19)20)15-12(18)10-4-5-11(14)17-16-10/h2-6H,1H3,(H,15,18)(H,19,20). The van der Waals surface area contributed by atoms with E-state index in [0.717, 1.165) is 0 Å². The van der Waals surface area contributed by atoms with Crippen molar-refractivity contribution in [3.63, 3.8) is 0 Å². The molecule has 0 spiro atoms. The van der Waals surface area contributed by atoms with Crippen molar-refractivity contribution in [2.75, 3.05) is 5.32 Å². The molecule has 1 heterocycles. The zero-order valence-electron chi connectivity index (χ0n) is 10.4. The Morgan fingerprint density at radius 1 is 1.20 bits per heavy atom. The summed E-state index contributed by atoms with van der Waals surface area (Å²) >= 11 is 5.58. The lowest BCUT2D eigenvalue weighted by atomic mass is 10.1. The number of halogens is 1. The topological polar surface area (TPSA) is 92.2 Å². The summed E-state index contributed by atoms with van der Waals surface area (Å²) in [5.74, 6) is -1.54. The Kier molecular flexibility index (Phi) is 3.95. The summed E-state index contributed by atoms with van der Waals surface area (Å²) in [4.78, 5) is 22.9. The van der Waals surface area contributed by atoms with Gasteiger partial charge >= 0.3 is 5.97 Å². The van der Waals surface area contributed by atoms with Crippen molar-refractivity contribution in [2.24, 2.45) is 0 Å². The maximum Gasteiger partial charge on any atom is 0.336 e. The summed E-state index contributed by atoms with van der Waals surface area (Å²) in [6.45, 7) is 1.68. The maximum atomic E-state index is 11.9. The normalized spacial score (nSPS) is 10.1. The van der Waals surface area contributed by atoms with Gasteiger partial charge in [0.2, 0.25) is 0 Å². The van der Waals surface area contributed by atoms with Crippen molar-refractivity contribution in [1.82, 2.24) is 10.2 Å². The number of nitrogens with zero attached hydrogens (tertiary/aromatic N) is 2. The van der Waals surface area contributed by atoms with Crippen LogP contribution in [0.1, 0.15) is 26.4 Å².